The number of benzene rings is 8. The minimum atomic E-state index is -0.0766. The summed E-state index contributed by atoms with van der Waals surface area (Å²) in [7, 11) is 0. The van der Waals surface area contributed by atoms with Gasteiger partial charge < -0.3 is 0 Å². The molecular formula is C47H33NSe. The van der Waals surface area contributed by atoms with E-state index in [1.807, 2.05) is 0 Å². The first-order valence-corrected chi connectivity index (χ1v) is 18.7. The third-order valence-electron chi connectivity index (χ3n) is 10.6. The number of rotatable bonds is 4. The van der Waals surface area contributed by atoms with Gasteiger partial charge in [-0.05, 0) is 0 Å². The van der Waals surface area contributed by atoms with Crippen LogP contribution < -0.4 is 4.90 Å². The second kappa shape index (κ2) is 10.8. The summed E-state index contributed by atoms with van der Waals surface area (Å²) >= 11 is 0.287. The Hall–Kier alpha value is -5.40. The van der Waals surface area contributed by atoms with Gasteiger partial charge in [0.25, 0.3) is 0 Å². The van der Waals surface area contributed by atoms with Gasteiger partial charge in [0.1, 0.15) is 0 Å². The SMILES string of the molecule is CC1(C)c2ccccc2-c2c(N(c3ccc(-c4ccccc4)cc3)c3ccc4c(ccc5ccc6c7ccccc7[se]c6c54)c3)cccc21. The molecule has 232 valence electrons. The third-order valence-corrected chi connectivity index (χ3v) is 13.2. The summed E-state index contributed by atoms with van der Waals surface area (Å²) < 4.78 is 3.00. The Morgan fingerprint density at radius 2 is 1.16 bits per heavy atom. The van der Waals surface area contributed by atoms with Crippen LogP contribution in [0.4, 0.5) is 17.1 Å². The minimum absolute atomic E-state index is 0.0766. The molecule has 1 aromatic heterocycles. The summed E-state index contributed by atoms with van der Waals surface area (Å²) in [5, 5.41) is 8.14. The predicted octanol–water partition coefficient (Wildman–Crippen LogP) is 12.8. The van der Waals surface area contributed by atoms with Crippen LogP contribution in [-0.4, -0.2) is 14.5 Å². The van der Waals surface area contributed by atoms with E-state index in [-0.39, 0.29) is 19.9 Å². The van der Waals surface area contributed by atoms with Crippen LogP contribution in [0.2, 0.25) is 0 Å². The van der Waals surface area contributed by atoms with Gasteiger partial charge in [-0.3, -0.25) is 0 Å². The van der Waals surface area contributed by atoms with E-state index in [0.29, 0.717) is 0 Å². The second-order valence-electron chi connectivity index (χ2n) is 13.7. The Balaban J connectivity index is 1.21. The van der Waals surface area contributed by atoms with Crippen LogP contribution in [0.5, 0.6) is 0 Å². The topological polar surface area (TPSA) is 3.24 Å². The maximum atomic E-state index is 2.48. The molecule has 0 amide bonds. The molecule has 1 nitrogen and oxygen atoms in total. The van der Waals surface area contributed by atoms with E-state index in [1.165, 1.54) is 79.9 Å². The maximum absolute atomic E-state index is 2.48. The molecule has 0 unspecified atom stereocenters. The van der Waals surface area contributed by atoms with Gasteiger partial charge >= 0.3 is 257 Å². The third kappa shape index (κ3) is 4.31. The van der Waals surface area contributed by atoms with Crippen molar-refractivity contribution in [3.63, 3.8) is 0 Å². The predicted molar refractivity (Wildman–Crippen MR) is 211 cm³/mol. The molecule has 1 aliphatic carbocycles. The van der Waals surface area contributed by atoms with E-state index in [1.54, 1.807) is 0 Å². The molecule has 0 saturated carbocycles. The summed E-state index contributed by atoms with van der Waals surface area (Å²) in [6, 6.07) is 60.9. The van der Waals surface area contributed by atoms with Crippen LogP contribution in [0.3, 0.4) is 0 Å². The van der Waals surface area contributed by atoms with Crippen molar-refractivity contribution in [3.8, 4) is 22.3 Å². The average molecular weight is 691 g/mol. The molecule has 0 atom stereocenters. The van der Waals surface area contributed by atoms with E-state index in [9.17, 15) is 0 Å². The molecule has 9 aromatic rings. The molecule has 8 aromatic carbocycles. The van der Waals surface area contributed by atoms with Crippen molar-refractivity contribution in [2.75, 3.05) is 4.90 Å². The van der Waals surface area contributed by atoms with Crippen LogP contribution in [0.1, 0.15) is 25.0 Å². The van der Waals surface area contributed by atoms with E-state index in [4.69, 9.17) is 0 Å². The molecule has 10 rings (SSSR count). The summed E-state index contributed by atoms with van der Waals surface area (Å²) in [5.41, 5.74) is 11.3. The van der Waals surface area contributed by atoms with Crippen molar-refractivity contribution in [2.45, 2.75) is 19.3 Å². The van der Waals surface area contributed by atoms with Crippen molar-refractivity contribution < 1.29 is 0 Å². The van der Waals surface area contributed by atoms with E-state index in [0.717, 1.165) is 11.4 Å². The molecule has 0 bridgehead atoms. The number of anilines is 3. The molecule has 2 heteroatoms. The molecule has 49 heavy (non-hydrogen) atoms. The average Bonchev–Trinajstić information content (AvgIpc) is 3.65. The Morgan fingerprint density at radius 1 is 0.490 bits per heavy atom. The quantitative estimate of drug-likeness (QED) is 0.131. The van der Waals surface area contributed by atoms with Crippen LogP contribution in [0, 0.1) is 0 Å². The zero-order valence-electron chi connectivity index (χ0n) is 27.4. The van der Waals surface area contributed by atoms with Gasteiger partial charge in [0.15, 0.2) is 0 Å². The Kier molecular flexibility index (Phi) is 6.31. The van der Waals surface area contributed by atoms with Gasteiger partial charge in [0, 0.05) is 0 Å². The second-order valence-corrected chi connectivity index (χ2v) is 15.9. The molecule has 0 radical (unpaired) electrons. The van der Waals surface area contributed by atoms with Crippen molar-refractivity contribution in [3.05, 3.63) is 175 Å². The van der Waals surface area contributed by atoms with E-state index in [2.05, 4.69) is 183 Å². The van der Waals surface area contributed by atoms with Crippen molar-refractivity contribution in [1.82, 2.24) is 0 Å². The molecular weight excluding hydrogens is 657 g/mol. The van der Waals surface area contributed by atoms with Gasteiger partial charge in [-0.2, -0.15) is 0 Å². The summed E-state index contributed by atoms with van der Waals surface area (Å²) in [5.74, 6) is 0. The number of nitrogens with zero attached hydrogens (tertiary/aromatic N) is 1. The van der Waals surface area contributed by atoms with Gasteiger partial charge in [0.05, 0.1) is 0 Å². The molecule has 0 aliphatic heterocycles. The summed E-state index contributed by atoms with van der Waals surface area (Å²) in [4.78, 5) is 2.48. The van der Waals surface area contributed by atoms with Crippen molar-refractivity contribution in [1.29, 1.82) is 0 Å². The molecule has 0 spiro atoms. The van der Waals surface area contributed by atoms with Gasteiger partial charge in [-0.15, -0.1) is 0 Å². The molecule has 1 heterocycles. The van der Waals surface area contributed by atoms with Gasteiger partial charge in [-0.1, -0.05) is 36.4 Å². The zero-order valence-corrected chi connectivity index (χ0v) is 29.2. The summed E-state index contributed by atoms with van der Waals surface area (Å²) in [6.45, 7) is 4.72. The molecule has 0 saturated heterocycles. The Morgan fingerprint density at radius 3 is 2.04 bits per heavy atom. The van der Waals surface area contributed by atoms with Crippen LogP contribution in [0.15, 0.2) is 164 Å². The fraction of sp³-hybridized carbons (Fsp3) is 0.0638. The number of fused-ring (bicyclic) bond motifs is 10. The molecule has 0 fully saturated rings. The molecule has 0 N–H and O–H groups in total. The van der Waals surface area contributed by atoms with Crippen molar-refractivity contribution in [2.24, 2.45) is 0 Å². The van der Waals surface area contributed by atoms with Crippen LogP contribution in [0.25, 0.3) is 63.1 Å². The van der Waals surface area contributed by atoms with E-state index < -0.39 is 0 Å². The van der Waals surface area contributed by atoms with Crippen LogP contribution >= 0.6 is 0 Å². The zero-order chi connectivity index (χ0) is 32.7. The van der Waals surface area contributed by atoms with Crippen molar-refractivity contribution >= 4 is 72.4 Å². The monoisotopic (exact) mass is 691 g/mol. The van der Waals surface area contributed by atoms with E-state index >= 15 is 0 Å². The normalized spacial score (nSPS) is 13.3. The molecule has 1 aliphatic rings. The Labute approximate surface area is 292 Å². The van der Waals surface area contributed by atoms with Crippen LogP contribution in [-0.2, 0) is 5.41 Å². The Bertz CT molecular complexity index is 2730. The fourth-order valence-corrected chi connectivity index (χ4v) is 10.9. The first-order chi connectivity index (χ1) is 24.1. The van der Waals surface area contributed by atoms with Gasteiger partial charge in [-0.25, -0.2) is 0 Å². The fourth-order valence-electron chi connectivity index (χ4n) is 8.24. The number of hydrogen-bond acceptors (Lipinski definition) is 1. The first-order valence-electron chi connectivity index (χ1n) is 17.0. The number of hydrogen-bond donors (Lipinski definition) is 0. The summed E-state index contributed by atoms with van der Waals surface area (Å²) in [6.07, 6.45) is 0. The van der Waals surface area contributed by atoms with Gasteiger partial charge in [0.2, 0.25) is 0 Å². The standard InChI is InChI=1S/C47H33NSe/c1-47(2)40-15-8-6-14-39(40)45-41(47)16-10-17-42(45)48(34-24-21-31(22-25-34)30-11-4-3-5-12-30)35-26-28-36-33(29-35)20-19-32-23-27-38-37-13-7-9-18-43(37)49-46(38)44(32)36/h3-29H,1-2H3. The first kappa shape index (κ1) is 28.6.